The molecule has 0 bridgehead atoms. The number of carbonyl (C=O) groups excluding carboxylic acids is 2. The number of anilines is 1. The maximum Gasteiger partial charge on any atom is 0.277 e. The van der Waals surface area contributed by atoms with Gasteiger partial charge in [0.1, 0.15) is 0 Å². The fraction of sp³-hybridized carbons (Fsp3) is 0.273. The maximum absolute atomic E-state index is 12.4. The van der Waals surface area contributed by atoms with E-state index in [-0.39, 0.29) is 22.9 Å². The molecule has 0 saturated carbocycles. The highest BCUT2D eigenvalue weighted by atomic mass is 32.2. The first-order valence-corrected chi connectivity index (χ1v) is 10.2. The summed E-state index contributed by atoms with van der Waals surface area (Å²) in [5, 5.41) is 11.1. The van der Waals surface area contributed by atoms with Gasteiger partial charge in [-0.15, -0.1) is 10.2 Å². The van der Waals surface area contributed by atoms with Crippen molar-refractivity contribution in [2.24, 2.45) is 0 Å². The number of aromatic nitrogens is 2. The van der Waals surface area contributed by atoms with Gasteiger partial charge in [-0.25, -0.2) is 0 Å². The summed E-state index contributed by atoms with van der Waals surface area (Å²) in [5.41, 5.74) is 3.36. The molecule has 0 aliphatic rings. The van der Waals surface area contributed by atoms with E-state index in [2.05, 4.69) is 48.4 Å². The molecule has 0 fully saturated rings. The van der Waals surface area contributed by atoms with Crippen LogP contribution in [0.25, 0.3) is 11.5 Å². The van der Waals surface area contributed by atoms with Gasteiger partial charge in [-0.1, -0.05) is 44.7 Å². The van der Waals surface area contributed by atoms with Crippen LogP contribution in [0.4, 0.5) is 5.69 Å². The molecule has 1 heterocycles. The monoisotopic (exact) mass is 409 g/mol. The molecule has 1 aromatic heterocycles. The van der Waals surface area contributed by atoms with Crippen LogP contribution in [-0.2, 0) is 10.2 Å². The Morgan fingerprint density at radius 1 is 1.00 bits per heavy atom. The molecule has 6 nitrogen and oxygen atoms in total. The van der Waals surface area contributed by atoms with Crippen LogP contribution in [0.15, 0.2) is 58.2 Å². The van der Waals surface area contributed by atoms with Crippen LogP contribution in [0.5, 0.6) is 0 Å². The minimum atomic E-state index is -0.153. The van der Waals surface area contributed by atoms with Crippen LogP contribution < -0.4 is 5.32 Å². The zero-order valence-electron chi connectivity index (χ0n) is 16.9. The van der Waals surface area contributed by atoms with Crippen LogP contribution >= 0.6 is 11.8 Å². The summed E-state index contributed by atoms with van der Waals surface area (Å²) in [6.07, 6.45) is 0. The molecule has 29 heavy (non-hydrogen) atoms. The zero-order chi connectivity index (χ0) is 21.0. The Balaban J connectivity index is 1.60. The largest absolute Gasteiger partial charge is 0.411 e. The Kier molecular flexibility index (Phi) is 6.17. The lowest BCUT2D eigenvalue weighted by Gasteiger charge is -2.18. The third kappa shape index (κ3) is 5.54. The van der Waals surface area contributed by atoms with E-state index in [4.69, 9.17) is 4.42 Å². The molecule has 0 aliphatic carbocycles. The number of benzene rings is 2. The average molecular weight is 410 g/mol. The minimum absolute atomic E-state index is 0.0568. The molecule has 2 aromatic carbocycles. The van der Waals surface area contributed by atoms with Crippen molar-refractivity contribution in [1.29, 1.82) is 0 Å². The fourth-order valence-corrected chi connectivity index (χ4v) is 3.31. The number of amides is 1. The van der Waals surface area contributed by atoms with Gasteiger partial charge in [0, 0.05) is 23.7 Å². The van der Waals surface area contributed by atoms with Gasteiger partial charge in [0.15, 0.2) is 5.78 Å². The Labute approximate surface area is 174 Å². The van der Waals surface area contributed by atoms with E-state index >= 15 is 0 Å². The SMILES string of the molecule is CC(=O)Nc1ccc(C(=O)CSc2nnc(-c3ccc(C(C)(C)C)cc3)o2)cc1. The molecular formula is C22H23N3O3S. The molecule has 3 rings (SSSR count). The Morgan fingerprint density at radius 2 is 1.66 bits per heavy atom. The van der Waals surface area contributed by atoms with Crippen molar-refractivity contribution in [2.75, 3.05) is 11.1 Å². The summed E-state index contributed by atoms with van der Waals surface area (Å²) in [5.74, 6) is 0.406. The highest BCUT2D eigenvalue weighted by Crippen LogP contribution is 2.27. The Hall–Kier alpha value is -2.93. The fourth-order valence-electron chi connectivity index (χ4n) is 2.65. The lowest BCUT2D eigenvalue weighted by molar-refractivity contribution is -0.114. The van der Waals surface area contributed by atoms with Crippen LogP contribution in [-0.4, -0.2) is 27.6 Å². The lowest BCUT2D eigenvalue weighted by Crippen LogP contribution is -2.10. The van der Waals surface area contributed by atoms with E-state index < -0.39 is 0 Å². The van der Waals surface area contributed by atoms with Crippen molar-refractivity contribution >= 4 is 29.1 Å². The second kappa shape index (κ2) is 8.61. The number of carbonyl (C=O) groups is 2. The second-order valence-electron chi connectivity index (χ2n) is 7.67. The predicted octanol–water partition coefficient (Wildman–Crippen LogP) is 4.97. The minimum Gasteiger partial charge on any atom is -0.411 e. The molecule has 7 heteroatoms. The Morgan fingerprint density at radius 3 is 2.24 bits per heavy atom. The number of Topliss-reactive ketones (excluding diaryl/α,β-unsaturated/α-hetero) is 1. The smallest absolute Gasteiger partial charge is 0.277 e. The molecule has 3 aromatic rings. The Bertz CT molecular complexity index is 1000. The number of nitrogens with one attached hydrogen (secondary N) is 1. The summed E-state index contributed by atoms with van der Waals surface area (Å²) in [6.45, 7) is 7.92. The van der Waals surface area contributed by atoms with Gasteiger partial charge in [-0.3, -0.25) is 9.59 Å². The maximum atomic E-state index is 12.4. The van der Waals surface area contributed by atoms with E-state index in [9.17, 15) is 9.59 Å². The first-order valence-electron chi connectivity index (χ1n) is 9.20. The summed E-state index contributed by atoms with van der Waals surface area (Å²) in [4.78, 5) is 23.4. The van der Waals surface area contributed by atoms with Gasteiger partial charge in [0.25, 0.3) is 5.22 Å². The zero-order valence-corrected chi connectivity index (χ0v) is 17.7. The summed E-state index contributed by atoms with van der Waals surface area (Å²) >= 11 is 1.20. The topological polar surface area (TPSA) is 85.1 Å². The van der Waals surface area contributed by atoms with Gasteiger partial charge in [-0.05, 0) is 47.4 Å². The molecule has 1 amide bonds. The lowest BCUT2D eigenvalue weighted by atomic mass is 9.87. The molecule has 0 saturated heterocycles. The highest BCUT2D eigenvalue weighted by molar-refractivity contribution is 7.99. The van der Waals surface area contributed by atoms with E-state index in [1.165, 1.54) is 24.2 Å². The van der Waals surface area contributed by atoms with E-state index in [1.54, 1.807) is 24.3 Å². The average Bonchev–Trinajstić information content (AvgIpc) is 3.15. The number of hydrogen-bond donors (Lipinski definition) is 1. The van der Waals surface area contributed by atoms with Crippen LogP contribution in [0.3, 0.4) is 0 Å². The molecule has 150 valence electrons. The molecule has 0 aliphatic heterocycles. The quantitative estimate of drug-likeness (QED) is 0.457. The third-order valence-electron chi connectivity index (χ3n) is 4.26. The van der Waals surface area contributed by atoms with Crippen molar-refractivity contribution in [3.05, 3.63) is 59.7 Å². The molecule has 0 atom stereocenters. The summed E-state index contributed by atoms with van der Waals surface area (Å²) in [7, 11) is 0. The summed E-state index contributed by atoms with van der Waals surface area (Å²) in [6, 6.07) is 14.8. The number of rotatable bonds is 6. The number of hydrogen-bond acceptors (Lipinski definition) is 6. The number of ketones is 1. The number of thioether (sulfide) groups is 1. The van der Waals surface area contributed by atoms with Gasteiger partial charge < -0.3 is 9.73 Å². The summed E-state index contributed by atoms with van der Waals surface area (Å²) < 4.78 is 5.69. The van der Waals surface area contributed by atoms with Crippen LogP contribution in [0.2, 0.25) is 0 Å². The van der Waals surface area contributed by atoms with E-state index in [0.29, 0.717) is 22.4 Å². The molecule has 1 N–H and O–H groups in total. The van der Waals surface area contributed by atoms with Crippen LogP contribution in [0.1, 0.15) is 43.6 Å². The van der Waals surface area contributed by atoms with Crippen molar-refractivity contribution in [3.63, 3.8) is 0 Å². The van der Waals surface area contributed by atoms with Crippen molar-refractivity contribution in [1.82, 2.24) is 10.2 Å². The highest BCUT2D eigenvalue weighted by Gasteiger charge is 2.15. The molecule has 0 unspecified atom stereocenters. The second-order valence-corrected chi connectivity index (χ2v) is 8.60. The first-order chi connectivity index (χ1) is 13.7. The molecular weight excluding hydrogens is 386 g/mol. The van der Waals surface area contributed by atoms with E-state index in [0.717, 1.165) is 5.56 Å². The van der Waals surface area contributed by atoms with Gasteiger partial charge >= 0.3 is 0 Å². The van der Waals surface area contributed by atoms with Gasteiger partial charge in [0.05, 0.1) is 5.75 Å². The van der Waals surface area contributed by atoms with Gasteiger partial charge in [0.2, 0.25) is 11.8 Å². The normalized spacial score (nSPS) is 11.3. The van der Waals surface area contributed by atoms with Crippen molar-refractivity contribution in [3.8, 4) is 11.5 Å². The van der Waals surface area contributed by atoms with Crippen molar-refractivity contribution in [2.45, 2.75) is 38.3 Å². The number of nitrogens with zero attached hydrogens (tertiary/aromatic N) is 2. The van der Waals surface area contributed by atoms with Gasteiger partial charge in [-0.2, -0.15) is 0 Å². The van der Waals surface area contributed by atoms with Crippen molar-refractivity contribution < 1.29 is 14.0 Å². The third-order valence-corrected chi connectivity index (χ3v) is 5.08. The van der Waals surface area contributed by atoms with E-state index in [1.807, 2.05) is 12.1 Å². The van der Waals surface area contributed by atoms with Crippen LogP contribution in [0, 0.1) is 0 Å². The standard InChI is InChI=1S/C22H23N3O3S/c1-14(26)23-18-11-7-15(8-12-18)19(27)13-29-21-25-24-20(28-21)16-5-9-17(10-6-16)22(2,3)4/h5-12H,13H2,1-4H3,(H,23,26). The molecule has 0 spiro atoms. The molecule has 0 radical (unpaired) electrons. The predicted molar refractivity (Wildman–Crippen MR) is 114 cm³/mol. The first kappa shape index (κ1) is 20.8.